The van der Waals surface area contributed by atoms with Crippen LogP contribution in [0.4, 0.5) is 5.82 Å². The monoisotopic (exact) mass is 158 g/mol. The number of hydrogen-bond acceptors (Lipinski definition) is 3. The van der Waals surface area contributed by atoms with E-state index in [-0.39, 0.29) is 0 Å². The number of nitrogens with two attached hydrogens (primary N) is 1. The predicted octanol–water partition coefficient (Wildman–Crippen LogP) is 1.33. The third-order valence-corrected chi connectivity index (χ3v) is 1.35. The Bertz CT molecular complexity index is 239. The molecule has 0 saturated heterocycles. The van der Waals surface area contributed by atoms with Crippen LogP contribution in [-0.4, -0.2) is 12.1 Å². The van der Waals surface area contributed by atoms with E-state index >= 15 is 0 Å². The van der Waals surface area contributed by atoms with Gasteiger partial charge < -0.3 is 10.5 Å². The molecule has 0 aromatic carbocycles. The summed E-state index contributed by atoms with van der Waals surface area (Å²) in [5.41, 5.74) is 5.35. The molecule has 0 spiro atoms. The SMILES string of the molecule is COc1cc(N)ncc1Cl. The molecule has 0 radical (unpaired) electrons. The Labute approximate surface area is 63.8 Å². The second-order valence-corrected chi connectivity index (χ2v) is 2.15. The summed E-state index contributed by atoms with van der Waals surface area (Å²) in [6.07, 6.45) is 1.45. The molecule has 1 aromatic heterocycles. The number of anilines is 1. The number of halogens is 1. The number of rotatable bonds is 1. The number of nitrogen functional groups attached to an aromatic ring is 1. The first-order valence-electron chi connectivity index (χ1n) is 2.69. The summed E-state index contributed by atoms with van der Waals surface area (Å²) in [7, 11) is 1.53. The lowest BCUT2D eigenvalue weighted by molar-refractivity contribution is 0.415. The minimum Gasteiger partial charge on any atom is -0.495 e. The summed E-state index contributed by atoms with van der Waals surface area (Å²) in [5.74, 6) is 0.954. The van der Waals surface area contributed by atoms with Gasteiger partial charge in [0.15, 0.2) is 0 Å². The van der Waals surface area contributed by atoms with Crippen LogP contribution in [0.3, 0.4) is 0 Å². The number of hydrogen-bond donors (Lipinski definition) is 1. The number of nitrogens with zero attached hydrogens (tertiary/aromatic N) is 1. The lowest BCUT2D eigenvalue weighted by Gasteiger charge is -2.01. The molecule has 0 amide bonds. The van der Waals surface area contributed by atoms with E-state index < -0.39 is 0 Å². The van der Waals surface area contributed by atoms with Crippen LogP contribution in [0.25, 0.3) is 0 Å². The molecule has 0 fully saturated rings. The van der Waals surface area contributed by atoms with E-state index in [4.69, 9.17) is 22.1 Å². The number of pyridine rings is 1. The van der Waals surface area contributed by atoms with Gasteiger partial charge in [0.2, 0.25) is 0 Å². The largest absolute Gasteiger partial charge is 0.495 e. The maximum Gasteiger partial charge on any atom is 0.142 e. The van der Waals surface area contributed by atoms with Gasteiger partial charge in [0.1, 0.15) is 16.6 Å². The first-order valence-corrected chi connectivity index (χ1v) is 3.07. The zero-order valence-corrected chi connectivity index (χ0v) is 6.22. The molecule has 0 aliphatic heterocycles. The van der Waals surface area contributed by atoms with Crippen molar-refractivity contribution >= 4 is 17.4 Å². The lowest BCUT2D eigenvalue weighted by atomic mass is 10.4. The van der Waals surface area contributed by atoms with Gasteiger partial charge in [-0.1, -0.05) is 11.6 Å². The molecule has 0 atom stereocenters. The standard InChI is InChI=1S/C6H7ClN2O/c1-10-5-2-6(8)9-3-4(5)7/h2-3H,1H3,(H2,8,9). The Morgan fingerprint density at radius 3 is 2.90 bits per heavy atom. The molecule has 0 saturated carbocycles. The summed E-state index contributed by atoms with van der Waals surface area (Å²) in [4.78, 5) is 3.75. The van der Waals surface area contributed by atoms with E-state index in [0.29, 0.717) is 16.6 Å². The van der Waals surface area contributed by atoms with Gasteiger partial charge in [0.25, 0.3) is 0 Å². The lowest BCUT2D eigenvalue weighted by Crippen LogP contribution is -1.91. The van der Waals surface area contributed by atoms with E-state index in [0.717, 1.165) is 0 Å². The molecule has 0 unspecified atom stereocenters. The van der Waals surface area contributed by atoms with E-state index in [1.807, 2.05) is 0 Å². The summed E-state index contributed by atoms with van der Waals surface area (Å²) in [6.45, 7) is 0. The van der Waals surface area contributed by atoms with Crippen molar-refractivity contribution in [3.8, 4) is 5.75 Å². The molecule has 10 heavy (non-hydrogen) atoms. The molecule has 3 nitrogen and oxygen atoms in total. The molecule has 1 heterocycles. The van der Waals surface area contributed by atoms with Gasteiger partial charge in [-0.15, -0.1) is 0 Å². The Hall–Kier alpha value is -0.960. The topological polar surface area (TPSA) is 48.1 Å². The highest BCUT2D eigenvalue weighted by Gasteiger charge is 1.99. The first kappa shape index (κ1) is 7.15. The van der Waals surface area contributed by atoms with Crippen molar-refractivity contribution in [2.45, 2.75) is 0 Å². The fraction of sp³-hybridized carbons (Fsp3) is 0.167. The van der Waals surface area contributed by atoms with Gasteiger partial charge in [-0.2, -0.15) is 0 Å². The Balaban J connectivity index is 3.09. The van der Waals surface area contributed by atoms with Crippen molar-refractivity contribution in [3.05, 3.63) is 17.3 Å². The van der Waals surface area contributed by atoms with Crippen LogP contribution in [0.2, 0.25) is 5.02 Å². The maximum atomic E-state index is 5.65. The molecule has 2 N–H and O–H groups in total. The van der Waals surface area contributed by atoms with Gasteiger partial charge in [-0.3, -0.25) is 0 Å². The second kappa shape index (κ2) is 2.75. The van der Waals surface area contributed by atoms with Crippen molar-refractivity contribution in [2.75, 3.05) is 12.8 Å². The summed E-state index contributed by atoms with van der Waals surface area (Å²) in [5, 5.41) is 0.469. The van der Waals surface area contributed by atoms with Gasteiger partial charge in [0, 0.05) is 6.07 Å². The van der Waals surface area contributed by atoms with Crippen LogP contribution in [0.1, 0.15) is 0 Å². The molecule has 0 bridgehead atoms. The van der Waals surface area contributed by atoms with Gasteiger partial charge in [0.05, 0.1) is 13.3 Å². The van der Waals surface area contributed by atoms with Crippen LogP contribution in [-0.2, 0) is 0 Å². The van der Waals surface area contributed by atoms with E-state index in [9.17, 15) is 0 Å². The molecular weight excluding hydrogens is 152 g/mol. The van der Waals surface area contributed by atoms with Crippen LogP contribution in [0.5, 0.6) is 5.75 Å². The van der Waals surface area contributed by atoms with Gasteiger partial charge in [-0.25, -0.2) is 4.98 Å². The zero-order valence-electron chi connectivity index (χ0n) is 5.47. The first-order chi connectivity index (χ1) is 4.74. The molecule has 1 rings (SSSR count). The average molecular weight is 159 g/mol. The fourth-order valence-corrected chi connectivity index (χ4v) is 0.772. The van der Waals surface area contributed by atoms with Crippen LogP contribution in [0, 0.1) is 0 Å². The summed E-state index contributed by atoms with van der Waals surface area (Å²) in [6, 6.07) is 1.57. The minimum absolute atomic E-state index is 0.404. The number of aromatic nitrogens is 1. The van der Waals surface area contributed by atoms with Crippen LogP contribution < -0.4 is 10.5 Å². The van der Waals surface area contributed by atoms with Crippen molar-refractivity contribution in [1.82, 2.24) is 4.98 Å². The van der Waals surface area contributed by atoms with Crippen molar-refractivity contribution in [1.29, 1.82) is 0 Å². The zero-order chi connectivity index (χ0) is 7.56. The molecule has 0 aliphatic rings. The highest BCUT2D eigenvalue weighted by Crippen LogP contribution is 2.23. The average Bonchev–Trinajstić information content (AvgIpc) is 1.94. The van der Waals surface area contributed by atoms with Crippen molar-refractivity contribution < 1.29 is 4.74 Å². The highest BCUT2D eigenvalue weighted by molar-refractivity contribution is 6.31. The Kier molecular flexibility index (Phi) is 1.97. The Morgan fingerprint density at radius 2 is 2.40 bits per heavy atom. The summed E-state index contributed by atoms with van der Waals surface area (Å²) >= 11 is 5.65. The quantitative estimate of drug-likeness (QED) is 0.671. The predicted molar refractivity (Wildman–Crippen MR) is 40.2 cm³/mol. The normalized spacial score (nSPS) is 9.40. The third kappa shape index (κ3) is 1.30. The minimum atomic E-state index is 0.404. The molecular formula is C6H7ClN2O. The third-order valence-electron chi connectivity index (χ3n) is 1.06. The van der Waals surface area contributed by atoms with Gasteiger partial charge >= 0.3 is 0 Å². The van der Waals surface area contributed by atoms with Gasteiger partial charge in [-0.05, 0) is 0 Å². The van der Waals surface area contributed by atoms with E-state index in [1.54, 1.807) is 6.07 Å². The second-order valence-electron chi connectivity index (χ2n) is 1.74. The molecule has 1 aromatic rings. The van der Waals surface area contributed by atoms with Crippen LogP contribution >= 0.6 is 11.6 Å². The highest BCUT2D eigenvalue weighted by atomic mass is 35.5. The van der Waals surface area contributed by atoms with Crippen LogP contribution in [0.15, 0.2) is 12.3 Å². The number of methoxy groups -OCH3 is 1. The summed E-state index contributed by atoms with van der Waals surface area (Å²) < 4.78 is 4.87. The smallest absolute Gasteiger partial charge is 0.142 e. The fourth-order valence-electron chi connectivity index (χ4n) is 0.592. The van der Waals surface area contributed by atoms with E-state index in [1.165, 1.54) is 13.3 Å². The molecule has 0 aliphatic carbocycles. The molecule has 54 valence electrons. The van der Waals surface area contributed by atoms with Crippen molar-refractivity contribution in [3.63, 3.8) is 0 Å². The maximum absolute atomic E-state index is 5.65. The van der Waals surface area contributed by atoms with E-state index in [2.05, 4.69) is 4.98 Å². The Morgan fingerprint density at radius 1 is 1.70 bits per heavy atom. The molecule has 4 heteroatoms. The number of ether oxygens (including phenoxy) is 1. The van der Waals surface area contributed by atoms with Crippen molar-refractivity contribution in [2.24, 2.45) is 0 Å².